The van der Waals surface area contributed by atoms with Crippen molar-refractivity contribution in [3.63, 3.8) is 0 Å². The second kappa shape index (κ2) is 8.80. The van der Waals surface area contributed by atoms with Gasteiger partial charge in [0, 0.05) is 0 Å². The maximum absolute atomic E-state index is 11.0. The zero-order valence-electron chi connectivity index (χ0n) is 9.30. The highest BCUT2D eigenvalue weighted by Gasteiger charge is 2.07. The summed E-state index contributed by atoms with van der Waals surface area (Å²) in [7, 11) is 2.91. The van der Waals surface area contributed by atoms with Gasteiger partial charge in [-0.05, 0) is 0 Å². The molecule has 98 valence electrons. The van der Waals surface area contributed by atoms with Crippen molar-refractivity contribution in [1.82, 2.24) is 9.97 Å². The van der Waals surface area contributed by atoms with Crippen LogP contribution in [0, 0.1) is 0 Å². The van der Waals surface area contributed by atoms with Gasteiger partial charge in [0.05, 0.1) is 26.8 Å². The second-order valence-electron chi connectivity index (χ2n) is 2.53. The molecular formula is C8H14Cl2N4O3. The quantitative estimate of drug-likeness (QED) is 0.821. The molecule has 0 aliphatic carbocycles. The van der Waals surface area contributed by atoms with Crippen molar-refractivity contribution in [2.75, 3.05) is 26.1 Å². The summed E-state index contributed by atoms with van der Waals surface area (Å²) in [5.74, 6) is 0.315. The molecule has 0 aliphatic rings. The molecule has 9 heteroatoms. The van der Waals surface area contributed by atoms with Gasteiger partial charge in [-0.15, -0.1) is 24.8 Å². The molecule has 0 bridgehead atoms. The van der Waals surface area contributed by atoms with E-state index < -0.39 is 0 Å². The number of ether oxygens (including phenoxy) is 2. The van der Waals surface area contributed by atoms with E-state index in [1.165, 1.54) is 20.3 Å². The zero-order chi connectivity index (χ0) is 11.3. The normalized spacial score (nSPS) is 8.41. The van der Waals surface area contributed by atoms with E-state index in [9.17, 15) is 4.79 Å². The summed E-state index contributed by atoms with van der Waals surface area (Å²) in [6.45, 7) is -0.136. The molecule has 1 aromatic heterocycles. The van der Waals surface area contributed by atoms with Crippen molar-refractivity contribution < 1.29 is 14.3 Å². The fourth-order valence-corrected chi connectivity index (χ4v) is 0.845. The molecular weight excluding hydrogens is 271 g/mol. The smallest absolute Gasteiger partial charge is 0.240 e. The number of anilines is 1. The van der Waals surface area contributed by atoms with Gasteiger partial charge in [-0.25, -0.2) is 0 Å². The molecule has 17 heavy (non-hydrogen) atoms. The number of carbonyl (C=O) groups excluding carboxylic acids is 1. The van der Waals surface area contributed by atoms with Crippen molar-refractivity contribution >= 4 is 36.7 Å². The Morgan fingerprint density at radius 2 is 1.76 bits per heavy atom. The van der Waals surface area contributed by atoms with Gasteiger partial charge in [0.2, 0.25) is 23.6 Å². The molecule has 1 heterocycles. The minimum atomic E-state index is -0.384. The Morgan fingerprint density at radius 3 is 2.12 bits per heavy atom. The first kappa shape index (κ1) is 18.1. The number of rotatable bonds is 4. The number of halogens is 2. The first-order valence-corrected chi connectivity index (χ1v) is 4.16. The topological polar surface area (TPSA) is 99.4 Å². The molecule has 0 spiro atoms. The number of nitrogens with one attached hydrogen (secondary N) is 1. The summed E-state index contributed by atoms with van der Waals surface area (Å²) in [6.07, 6.45) is 0. The number of methoxy groups -OCH3 is 2. The van der Waals surface area contributed by atoms with Crippen molar-refractivity contribution in [3.05, 3.63) is 6.07 Å². The summed E-state index contributed by atoms with van der Waals surface area (Å²) in [4.78, 5) is 18.8. The van der Waals surface area contributed by atoms with Gasteiger partial charge in [0.25, 0.3) is 0 Å². The predicted molar refractivity (Wildman–Crippen MR) is 67.3 cm³/mol. The van der Waals surface area contributed by atoms with Gasteiger partial charge in [-0.2, -0.15) is 9.97 Å². The molecule has 0 fully saturated rings. The molecule has 0 radical (unpaired) electrons. The molecule has 0 aromatic carbocycles. The lowest BCUT2D eigenvalue weighted by molar-refractivity contribution is -0.114. The average Bonchev–Trinajstić information content (AvgIpc) is 2.28. The minimum Gasteiger partial charge on any atom is -0.481 e. The monoisotopic (exact) mass is 284 g/mol. The van der Waals surface area contributed by atoms with Gasteiger partial charge in [0.1, 0.15) is 0 Å². The summed E-state index contributed by atoms with van der Waals surface area (Å²) in [6, 6.07) is 1.50. The second-order valence-corrected chi connectivity index (χ2v) is 2.53. The summed E-state index contributed by atoms with van der Waals surface area (Å²) < 4.78 is 9.80. The summed E-state index contributed by atoms with van der Waals surface area (Å²) in [5, 5.41) is 2.39. The number of carbonyl (C=O) groups is 1. The van der Waals surface area contributed by atoms with E-state index in [0.717, 1.165) is 0 Å². The Kier molecular flexibility index (Phi) is 9.35. The van der Waals surface area contributed by atoms with Gasteiger partial charge >= 0.3 is 0 Å². The van der Waals surface area contributed by atoms with E-state index in [4.69, 9.17) is 15.2 Å². The third-order valence-electron chi connectivity index (χ3n) is 1.53. The molecule has 0 saturated heterocycles. The lowest BCUT2D eigenvalue weighted by Crippen LogP contribution is -2.23. The molecule has 0 saturated carbocycles. The number of nitrogens with two attached hydrogens (primary N) is 1. The Hall–Kier alpha value is -1.31. The number of amides is 1. The highest BCUT2D eigenvalue weighted by molar-refractivity contribution is 5.90. The largest absolute Gasteiger partial charge is 0.481 e. The highest BCUT2D eigenvalue weighted by atomic mass is 35.5. The summed E-state index contributed by atoms with van der Waals surface area (Å²) >= 11 is 0. The van der Waals surface area contributed by atoms with Gasteiger partial charge in [-0.1, -0.05) is 0 Å². The Labute approximate surface area is 111 Å². The van der Waals surface area contributed by atoms with E-state index in [1.54, 1.807) is 0 Å². The van der Waals surface area contributed by atoms with Crippen LogP contribution >= 0.6 is 24.8 Å². The van der Waals surface area contributed by atoms with Gasteiger partial charge < -0.3 is 15.2 Å². The van der Waals surface area contributed by atoms with E-state index in [-0.39, 0.29) is 43.2 Å². The third kappa shape index (κ3) is 5.53. The number of hydrogen-bond acceptors (Lipinski definition) is 6. The SMILES string of the molecule is COc1cc(OC)nc(NC(=O)CN)n1.Cl.Cl. The Balaban J connectivity index is 0. The van der Waals surface area contributed by atoms with E-state index in [1.807, 2.05) is 0 Å². The standard InChI is InChI=1S/C8H12N4O3.2ClH/c1-14-6-3-7(15-2)12-8(11-6)10-5(13)4-9;;/h3H,4,9H2,1-2H3,(H,10,11,12,13);2*1H. The maximum Gasteiger partial charge on any atom is 0.240 e. The van der Waals surface area contributed by atoms with Crippen LogP contribution in [-0.2, 0) is 4.79 Å². The van der Waals surface area contributed by atoms with Gasteiger partial charge in [-0.3, -0.25) is 10.1 Å². The Morgan fingerprint density at radius 1 is 1.29 bits per heavy atom. The lowest BCUT2D eigenvalue weighted by Gasteiger charge is -2.06. The molecule has 1 rings (SSSR count). The number of aromatic nitrogens is 2. The van der Waals surface area contributed by atoms with Crippen molar-refractivity contribution in [1.29, 1.82) is 0 Å². The molecule has 0 unspecified atom stereocenters. The molecule has 3 N–H and O–H groups in total. The van der Waals surface area contributed by atoms with Crippen LogP contribution in [0.15, 0.2) is 6.07 Å². The summed E-state index contributed by atoms with van der Waals surface area (Å²) in [5.41, 5.74) is 5.13. The van der Waals surface area contributed by atoms with Gasteiger partial charge in [0.15, 0.2) is 0 Å². The van der Waals surface area contributed by atoms with Crippen LogP contribution in [0.25, 0.3) is 0 Å². The van der Waals surface area contributed by atoms with Crippen LogP contribution in [-0.4, -0.2) is 36.6 Å². The average molecular weight is 285 g/mol. The van der Waals surface area contributed by atoms with Crippen LogP contribution in [0.3, 0.4) is 0 Å². The minimum absolute atomic E-state index is 0. The zero-order valence-corrected chi connectivity index (χ0v) is 10.9. The van der Waals surface area contributed by atoms with Crippen LogP contribution in [0.2, 0.25) is 0 Å². The lowest BCUT2D eigenvalue weighted by atomic mass is 10.5. The molecule has 7 nitrogen and oxygen atoms in total. The molecule has 0 atom stereocenters. The van der Waals surface area contributed by atoms with Crippen LogP contribution in [0.4, 0.5) is 5.95 Å². The number of hydrogen-bond donors (Lipinski definition) is 2. The van der Waals surface area contributed by atoms with Crippen molar-refractivity contribution in [3.8, 4) is 11.8 Å². The van der Waals surface area contributed by atoms with Crippen LogP contribution < -0.4 is 20.5 Å². The number of nitrogens with zero attached hydrogens (tertiary/aromatic N) is 2. The fourth-order valence-electron chi connectivity index (χ4n) is 0.845. The Bertz CT molecular complexity index is 342. The maximum atomic E-state index is 11.0. The van der Waals surface area contributed by atoms with Crippen molar-refractivity contribution in [2.45, 2.75) is 0 Å². The molecule has 0 aliphatic heterocycles. The first-order valence-electron chi connectivity index (χ1n) is 4.16. The van der Waals surface area contributed by atoms with Crippen molar-refractivity contribution in [2.24, 2.45) is 5.73 Å². The predicted octanol–water partition coefficient (Wildman–Crippen LogP) is 0.235. The molecule has 1 aromatic rings. The van der Waals surface area contributed by atoms with E-state index in [2.05, 4.69) is 15.3 Å². The van der Waals surface area contributed by atoms with E-state index >= 15 is 0 Å². The fraction of sp³-hybridized carbons (Fsp3) is 0.375. The third-order valence-corrected chi connectivity index (χ3v) is 1.53. The first-order chi connectivity index (χ1) is 7.19. The van der Waals surface area contributed by atoms with E-state index in [0.29, 0.717) is 11.8 Å². The van der Waals surface area contributed by atoms with Crippen LogP contribution in [0.5, 0.6) is 11.8 Å². The van der Waals surface area contributed by atoms with Crippen LogP contribution in [0.1, 0.15) is 0 Å². The molecule has 1 amide bonds. The highest BCUT2D eigenvalue weighted by Crippen LogP contribution is 2.16.